The van der Waals surface area contributed by atoms with Gasteiger partial charge in [0.25, 0.3) is 5.89 Å². The fourth-order valence-corrected chi connectivity index (χ4v) is 3.01. The van der Waals surface area contributed by atoms with E-state index in [1.165, 1.54) is 0 Å². The summed E-state index contributed by atoms with van der Waals surface area (Å²) in [7, 11) is -0.163. The summed E-state index contributed by atoms with van der Waals surface area (Å²) in [5, 5.41) is 3.94. The summed E-state index contributed by atoms with van der Waals surface area (Å²) in [6.45, 7) is 0. The highest BCUT2D eigenvalue weighted by Crippen LogP contribution is 2.28. The quantitative estimate of drug-likeness (QED) is 0.648. The molecule has 0 amide bonds. The summed E-state index contributed by atoms with van der Waals surface area (Å²) in [5.74, 6) is 2.01. The third kappa shape index (κ3) is 4.89. The van der Waals surface area contributed by atoms with Crippen LogP contribution < -0.4 is 14.2 Å². The highest BCUT2D eigenvalue weighted by molar-refractivity contribution is 7.92. The minimum absolute atomic E-state index is 0.336. The van der Waals surface area contributed by atoms with Gasteiger partial charge < -0.3 is 14.0 Å². The molecule has 2 aromatic carbocycles. The molecule has 0 bridgehead atoms. The molecule has 0 aliphatic carbocycles. The highest BCUT2D eigenvalue weighted by Gasteiger charge is 2.08. The molecule has 3 aromatic rings. The minimum atomic E-state index is -3.32. The molecular weight excluding hydrogens is 382 g/mol. The van der Waals surface area contributed by atoms with E-state index in [4.69, 9.17) is 14.0 Å². The molecule has 1 aromatic heterocycles. The van der Waals surface area contributed by atoms with Gasteiger partial charge >= 0.3 is 0 Å². The number of hydrogen-bond acceptors (Lipinski definition) is 7. The maximum absolute atomic E-state index is 11.3. The predicted molar refractivity (Wildman–Crippen MR) is 107 cm³/mol. The van der Waals surface area contributed by atoms with E-state index in [0.29, 0.717) is 34.5 Å². The number of nitrogens with one attached hydrogen (secondary N) is 1. The molecule has 0 atom stereocenters. The summed E-state index contributed by atoms with van der Waals surface area (Å²) in [4.78, 5) is 4.32. The first-order valence-corrected chi connectivity index (χ1v) is 10.1. The van der Waals surface area contributed by atoms with Crippen molar-refractivity contribution in [2.45, 2.75) is 0 Å². The molecule has 1 N–H and O–H groups in total. The SMILES string of the molecule is COc1ccc(/C=C/c2nc(-c3ccc(NS(C)(=O)=O)cc3)no2)cc1OC. The van der Waals surface area contributed by atoms with E-state index >= 15 is 0 Å². The molecule has 0 aliphatic rings. The van der Waals surface area contributed by atoms with E-state index in [0.717, 1.165) is 11.8 Å². The number of nitrogens with zero attached hydrogens (tertiary/aromatic N) is 2. The zero-order valence-electron chi connectivity index (χ0n) is 15.5. The summed E-state index contributed by atoms with van der Waals surface area (Å²) in [6.07, 6.45) is 4.60. The maximum atomic E-state index is 11.3. The van der Waals surface area contributed by atoms with Crippen molar-refractivity contribution in [3.05, 3.63) is 53.9 Å². The molecule has 1 heterocycles. The van der Waals surface area contributed by atoms with Crippen molar-refractivity contribution in [1.82, 2.24) is 10.1 Å². The van der Waals surface area contributed by atoms with E-state index in [2.05, 4.69) is 14.9 Å². The van der Waals surface area contributed by atoms with Crippen LogP contribution in [0.3, 0.4) is 0 Å². The van der Waals surface area contributed by atoms with Crippen molar-refractivity contribution in [3.63, 3.8) is 0 Å². The lowest BCUT2D eigenvalue weighted by Gasteiger charge is -2.07. The van der Waals surface area contributed by atoms with Gasteiger partial charge in [-0.25, -0.2) is 8.42 Å². The van der Waals surface area contributed by atoms with E-state index in [1.54, 1.807) is 44.6 Å². The van der Waals surface area contributed by atoms with Crippen molar-refractivity contribution >= 4 is 27.9 Å². The number of sulfonamides is 1. The Bertz CT molecular complexity index is 1090. The second-order valence-electron chi connectivity index (χ2n) is 5.86. The van der Waals surface area contributed by atoms with Crippen molar-refractivity contribution in [2.24, 2.45) is 0 Å². The highest BCUT2D eigenvalue weighted by atomic mass is 32.2. The normalized spacial score (nSPS) is 11.5. The third-order valence-corrected chi connectivity index (χ3v) is 4.32. The van der Waals surface area contributed by atoms with E-state index < -0.39 is 10.0 Å². The fourth-order valence-electron chi connectivity index (χ4n) is 2.45. The van der Waals surface area contributed by atoms with E-state index in [-0.39, 0.29) is 0 Å². The molecule has 28 heavy (non-hydrogen) atoms. The smallest absolute Gasteiger partial charge is 0.250 e. The lowest BCUT2D eigenvalue weighted by molar-refractivity contribution is 0.355. The number of rotatable bonds is 7. The number of hydrogen-bond donors (Lipinski definition) is 1. The molecule has 0 radical (unpaired) electrons. The first-order chi connectivity index (χ1) is 13.4. The molecule has 9 heteroatoms. The van der Waals surface area contributed by atoms with Gasteiger partial charge in [0.1, 0.15) is 0 Å². The largest absolute Gasteiger partial charge is 0.493 e. The molecule has 146 valence electrons. The monoisotopic (exact) mass is 401 g/mol. The van der Waals surface area contributed by atoms with Crippen molar-refractivity contribution < 1.29 is 22.4 Å². The Labute approximate surface area is 162 Å². The van der Waals surface area contributed by atoms with Crippen molar-refractivity contribution in [3.8, 4) is 22.9 Å². The first-order valence-electron chi connectivity index (χ1n) is 8.20. The summed E-state index contributed by atoms with van der Waals surface area (Å²) < 4.78 is 40.6. The summed E-state index contributed by atoms with van der Waals surface area (Å²) >= 11 is 0. The van der Waals surface area contributed by atoms with Gasteiger partial charge in [-0.2, -0.15) is 4.98 Å². The zero-order chi connectivity index (χ0) is 20.1. The van der Waals surface area contributed by atoms with Crippen LogP contribution in [0.2, 0.25) is 0 Å². The van der Waals surface area contributed by atoms with Gasteiger partial charge in [-0.05, 0) is 48.0 Å². The molecule has 0 saturated carbocycles. The molecule has 0 unspecified atom stereocenters. The van der Waals surface area contributed by atoms with Crippen LogP contribution in [-0.2, 0) is 10.0 Å². The van der Waals surface area contributed by atoms with Crippen LogP contribution in [0.1, 0.15) is 11.5 Å². The Morgan fingerprint density at radius 3 is 2.36 bits per heavy atom. The molecule has 0 saturated heterocycles. The Kier molecular flexibility index (Phi) is 5.65. The first kappa shape index (κ1) is 19.4. The van der Waals surface area contributed by atoms with Crippen LogP contribution in [-0.4, -0.2) is 39.0 Å². The fraction of sp³-hybridized carbons (Fsp3) is 0.158. The Hall–Kier alpha value is -3.33. The van der Waals surface area contributed by atoms with Gasteiger partial charge in [0.2, 0.25) is 15.8 Å². The second kappa shape index (κ2) is 8.13. The predicted octanol–water partition coefficient (Wildman–Crippen LogP) is 3.30. The van der Waals surface area contributed by atoms with Crippen LogP contribution >= 0.6 is 0 Å². The Morgan fingerprint density at radius 2 is 1.71 bits per heavy atom. The number of aromatic nitrogens is 2. The standard InChI is InChI=1S/C19H19N3O5S/c1-25-16-10-4-13(12-17(16)26-2)5-11-18-20-19(21-27-18)14-6-8-15(9-7-14)22-28(3,23)24/h4-12,22H,1-3H3/b11-5+. The summed E-state index contributed by atoms with van der Waals surface area (Å²) in [6, 6.07) is 12.2. The third-order valence-electron chi connectivity index (χ3n) is 3.71. The molecule has 0 aliphatic heterocycles. The van der Waals surface area contributed by atoms with Crippen LogP contribution in [0.25, 0.3) is 23.5 Å². The van der Waals surface area contributed by atoms with Gasteiger partial charge in [0.05, 0.1) is 20.5 Å². The molecule has 8 nitrogen and oxygen atoms in total. The number of ether oxygens (including phenoxy) is 2. The molecule has 3 rings (SSSR count). The number of benzene rings is 2. The summed E-state index contributed by atoms with van der Waals surface area (Å²) in [5.41, 5.74) is 2.05. The second-order valence-corrected chi connectivity index (χ2v) is 7.60. The maximum Gasteiger partial charge on any atom is 0.250 e. The topological polar surface area (TPSA) is 104 Å². The minimum Gasteiger partial charge on any atom is -0.493 e. The van der Waals surface area contributed by atoms with Crippen LogP contribution in [0, 0.1) is 0 Å². The lowest BCUT2D eigenvalue weighted by atomic mass is 10.2. The van der Waals surface area contributed by atoms with Gasteiger partial charge in [-0.1, -0.05) is 11.2 Å². The van der Waals surface area contributed by atoms with Crippen molar-refractivity contribution in [2.75, 3.05) is 25.2 Å². The number of anilines is 1. The molecular formula is C19H19N3O5S. The number of methoxy groups -OCH3 is 2. The van der Waals surface area contributed by atoms with Gasteiger partial charge in [0, 0.05) is 17.3 Å². The lowest BCUT2D eigenvalue weighted by Crippen LogP contribution is -2.09. The van der Waals surface area contributed by atoms with Crippen molar-refractivity contribution in [1.29, 1.82) is 0 Å². The average molecular weight is 401 g/mol. The van der Waals surface area contributed by atoms with Crippen LogP contribution in [0.15, 0.2) is 47.0 Å². The molecule has 0 spiro atoms. The van der Waals surface area contributed by atoms with Crippen LogP contribution in [0.4, 0.5) is 5.69 Å². The van der Waals surface area contributed by atoms with E-state index in [9.17, 15) is 8.42 Å². The Morgan fingerprint density at radius 1 is 1.00 bits per heavy atom. The average Bonchev–Trinajstić information content (AvgIpc) is 3.14. The van der Waals surface area contributed by atoms with Crippen LogP contribution in [0.5, 0.6) is 11.5 Å². The van der Waals surface area contributed by atoms with Gasteiger partial charge in [0.15, 0.2) is 11.5 Å². The zero-order valence-corrected chi connectivity index (χ0v) is 16.4. The van der Waals surface area contributed by atoms with Gasteiger partial charge in [-0.15, -0.1) is 0 Å². The Balaban J connectivity index is 1.74. The molecule has 0 fully saturated rings. The van der Waals surface area contributed by atoms with E-state index in [1.807, 2.05) is 24.3 Å². The van der Waals surface area contributed by atoms with Gasteiger partial charge in [-0.3, -0.25) is 4.72 Å².